The van der Waals surface area contributed by atoms with Gasteiger partial charge in [-0.3, -0.25) is 9.10 Å². The van der Waals surface area contributed by atoms with Gasteiger partial charge in [-0.1, -0.05) is 30.3 Å². The van der Waals surface area contributed by atoms with Crippen LogP contribution in [-0.4, -0.2) is 27.5 Å². The maximum absolute atomic E-state index is 13.9. The van der Waals surface area contributed by atoms with E-state index in [2.05, 4.69) is 0 Å². The molecule has 0 saturated carbocycles. The first-order chi connectivity index (χ1) is 16.6. The molecule has 0 heterocycles. The zero-order valence-electron chi connectivity index (χ0n) is 20.6. The Labute approximate surface area is 207 Å². The molecule has 3 aromatic rings. The van der Waals surface area contributed by atoms with E-state index in [0.717, 1.165) is 11.1 Å². The van der Waals surface area contributed by atoms with Crippen LogP contribution in [0.3, 0.4) is 0 Å². The number of rotatable bonds is 11. The predicted octanol–water partition coefficient (Wildman–Crippen LogP) is 4.74. The van der Waals surface area contributed by atoms with E-state index in [9.17, 15) is 13.2 Å². The number of anilines is 1. The molecule has 186 valence electrons. The van der Waals surface area contributed by atoms with E-state index in [1.165, 1.54) is 4.31 Å². The van der Waals surface area contributed by atoms with Crippen LogP contribution in [0.4, 0.5) is 5.69 Å². The Bertz CT molecular complexity index is 1290. The molecular weight excluding hydrogens is 464 g/mol. The molecule has 8 heteroatoms. The first kappa shape index (κ1) is 26.1. The number of sulfonamides is 1. The molecule has 35 heavy (non-hydrogen) atoms. The molecule has 0 bridgehead atoms. The van der Waals surface area contributed by atoms with E-state index in [0.29, 0.717) is 47.1 Å². The summed E-state index contributed by atoms with van der Waals surface area (Å²) in [4.78, 5) is 11.5. The first-order valence-electron chi connectivity index (χ1n) is 11.5. The average molecular weight is 497 g/mol. The normalized spacial score (nSPS) is 11.2. The second kappa shape index (κ2) is 11.3. The lowest BCUT2D eigenvalue weighted by atomic mass is 10.1. The SMILES string of the molecule is CCOc1ccc(OCC)c(N(Cc2ccc(C(N)=O)cc2)S(=O)(=O)Cc2ccc(C)c(C)c2)c1. The van der Waals surface area contributed by atoms with E-state index < -0.39 is 15.9 Å². The van der Waals surface area contributed by atoms with Crippen molar-refractivity contribution >= 4 is 21.6 Å². The summed E-state index contributed by atoms with van der Waals surface area (Å²) in [6, 6.07) is 17.4. The topological polar surface area (TPSA) is 98.9 Å². The second-order valence-corrected chi connectivity index (χ2v) is 10.1. The van der Waals surface area contributed by atoms with Gasteiger partial charge < -0.3 is 15.2 Å². The maximum Gasteiger partial charge on any atom is 0.248 e. The minimum Gasteiger partial charge on any atom is -0.494 e. The van der Waals surface area contributed by atoms with Crippen LogP contribution >= 0.6 is 0 Å². The van der Waals surface area contributed by atoms with Gasteiger partial charge in [0.2, 0.25) is 15.9 Å². The third-order valence-electron chi connectivity index (χ3n) is 5.63. The van der Waals surface area contributed by atoms with Crippen molar-refractivity contribution in [3.8, 4) is 11.5 Å². The fourth-order valence-electron chi connectivity index (χ4n) is 3.68. The smallest absolute Gasteiger partial charge is 0.248 e. The fourth-order valence-corrected chi connectivity index (χ4v) is 5.23. The summed E-state index contributed by atoms with van der Waals surface area (Å²) in [5.41, 5.74) is 9.62. The van der Waals surface area contributed by atoms with Crippen LogP contribution < -0.4 is 19.5 Å². The van der Waals surface area contributed by atoms with Gasteiger partial charge in [0.15, 0.2) is 0 Å². The van der Waals surface area contributed by atoms with Gasteiger partial charge in [0, 0.05) is 11.6 Å². The van der Waals surface area contributed by atoms with E-state index in [-0.39, 0.29) is 12.3 Å². The Morgan fingerprint density at radius 3 is 2.11 bits per heavy atom. The summed E-state index contributed by atoms with van der Waals surface area (Å²) in [7, 11) is -3.85. The van der Waals surface area contributed by atoms with Crippen LogP contribution in [0.2, 0.25) is 0 Å². The van der Waals surface area contributed by atoms with Gasteiger partial charge in [0.25, 0.3) is 0 Å². The number of aryl methyl sites for hydroxylation is 2. The Kier molecular flexibility index (Phi) is 8.40. The minimum atomic E-state index is -3.85. The van der Waals surface area contributed by atoms with Gasteiger partial charge in [0.05, 0.1) is 31.2 Å². The number of hydrogen-bond acceptors (Lipinski definition) is 5. The van der Waals surface area contributed by atoms with Gasteiger partial charge in [0.1, 0.15) is 11.5 Å². The Morgan fingerprint density at radius 1 is 0.857 bits per heavy atom. The molecule has 1 amide bonds. The summed E-state index contributed by atoms with van der Waals surface area (Å²) < 4.78 is 40.5. The molecule has 0 unspecified atom stereocenters. The standard InChI is InChI=1S/C27H32N2O5S/c1-5-33-24-13-14-26(34-6-2)25(16-24)29(17-21-9-11-23(12-10-21)27(28)30)35(31,32)18-22-8-7-19(3)20(4)15-22/h7-16H,5-6,17-18H2,1-4H3,(H2,28,30). The molecule has 3 aromatic carbocycles. The van der Waals surface area contributed by atoms with E-state index >= 15 is 0 Å². The van der Waals surface area contributed by atoms with Crippen molar-refractivity contribution in [2.45, 2.75) is 40.0 Å². The fraction of sp³-hybridized carbons (Fsp3) is 0.296. The molecule has 0 aliphatic carbocycles. The molecule has 0 aliphatic heterocycles. The molecule has 0 aliphatic rings. The van der Waals surface area contributed by atoms with Crippen LogP contribution in [0.25, 0.3) is 0 Å². The molecule has 0 fully saturated rings. The van der Waals surface area contributed by atoms with Crippen LogP contribution in [-0.2, 0) is 22.3 Å². The highest BCUT2D eigenvalue weighted by Crippen LogP contribution is 2.36. The minimum absolute atomic E-state index is 0.0435. The van der Waals surface area contributed by atoms with Crippen molar-refractivity contribution in [1.82, 2.24) is 0 Å². The van der Waals surface area contributed by atoms with Crippen LogP contribution in [0.1, 0.15) is 46.5 Å². The van der Waals surface area contributed by atoms with Crippen molar-refractivity contribution in [3.05, 3.63) is 88.5 Å². The molecule has 0 saturated heterocycles. The molecule has 7 nitrogen and oxygen atoms in total. The van der Waals surface area contributed by atoms with Crippen molar-refractivity contribution in [3.63, 3.8) is 0 Å². The highest BCUT2D eigenvalue weighted by atomic mass is 32.2. The number of ether oxygens (including phenoxy) is 2. The summed E-state index contributed by atoms with van der Waals surface area (Å²) in [6.45, 7) is 8.52. The van der Waals surface area contributed by atoms with Gasteiger partial charge in [-0.05, 0) is 74.2 Å². The molecular formula is C27H32N2O5S. The van der Waals surface area contributed by atoms with Crippen LogP contribution in [0, 0.1) is 13.8 Å². The quantitative estimate of drug-likeness (QED) is 0.414. The summed E-state index contributed by atoms with van der Waals surface area (Å²) >= 11 is 0. The van der Waals surface area contributed by atoms with Gasteiger partial charge in [-0.15, -0.1) is 0 Å². The van der Waals surface area contributed by atoms with Gasteiger partial charge >= 0.3 is 0 Å². The van der Waals surface area contributed by atoms with Crippen molar-refractivity contribution in [2.75, 3.05) is 17.5 Å². The molecule has 0 aromatic heterocycles. The third kappa shape index (κ3) is 6.54. The van der Waals surface area contributed by atoms with Gasteiger partial charge in [-0.25, -0.2) is 8.42 Å². The lowest BCUT2D eigenvalue weighted by Crippen LogP contribution is -2.32. The van der Waals surface area contributed by atoms with E-state index in [4.69, 9.17) is 15.2 Å². The zero-order valence-corrected chi connectivity index (χ0v) is 21.4. The molecule has 0 atom stereocenters. The Morgan fingerprint density at radius 2 is 1.51 bits per heavy atom. The number of carbonyl (C=O) groups excluding carboxylic acids is 1. The summed E-state index contributed by atoms with van der Waals surface area (Å²) in [6.07, 6.45) is 0. The molecule has 0 radical (unpaired) electrons. The Balaban J connectivity index is 2.09. The molecule has 2 N–H and O–H groups in total. The van der Waals surface area contributed by atoms with Crippen LogP contribution in [0.15, 0.2) is 60.7 Å². The highest BCUT2D eigenvalue weighted by molar-refractivity contribution is 7.92. The first-order valence-corrected chi connectivity index (χ1v) is 13.1. The largest absolute Gasteiger partial charge is 0.494 e. The van der Waals surface area contributed by atoms with E-state index in [1.54, 1.807) is 42.5 Å². The number of amides is 1. The Hall–Kier alpha value is -3.52. The number of hydrogen-bond donors (Lipinski definition) is 1. The maximum atomic E-state index is 13.9. The zero-order chi connectivity index (χ0) is 25.6. The van der Waals surface area contributed by atoms with Crippen molar-refractivity contribution in [2.24, 2.45) is 5.73 Å². The molecule has 0 spiro atoms. The summed E-state index contributed by atoms with van der Waals surface area (Å²) in [5, 5.41) is 0. The number of nitrogens with zero attached hydrogens (tertiary/aromatic N) is 1. The van der Waals surface area contributed by atoms with Crippen molar-refractivity contribution in [1.29, 1.82) is 0 Å². The highest BCUT2D eigenvalue weighted by Gasteiger charge is 2.27. The monoisotopic (exact) mass is 496 g/mol. The lowest BCUT2D eigenvalue weighted by Gasteiger charge is -2.27. The predicted molar refractivity (Wildman–Crippen MR) is 138 cm³/mol. The second-order valence-electron chi connectivity index (χ2n) is 8.24. The summed E-state index contributed by atoms with van der Waals surface area (Å²) in [5.74, 6) is 0.256. The van der Waals surface area contributed by atoms with Crippen molar-refractivity contribution < 1.29 is 22.7 Å². The van der Waals surface area contributed by atoms with Gasteiger partial charge in [-0.2, -0.15) is 0 Å². The van der Waals surface area contributed by atoms with E-state index in [1.807, 2.05) is 45.9 Å². The van der Waals surface area contributed by atoms with Crippen LogP contribution in [0.5, 0.6) is 11.5 Å². The number of benzene rings is 3. The number of nitrogens with two attached hydrogens (primary N) is 1. The average Bonchev–Trinajstić information content (AvgIpc) is 2.81. The number of primary amides is 1. The third-order valence-corrected chi connectivity index (χ3v) is 7.33. The number of carbonyl (C=O) groups is 1. The molecule has 3 rings (SSSR count). The lowest BCUT2D eigenvalue weighted by molar-refractivity contribution is 0.1000.